The molecule has 0 radical (unpaired) electrons. The highest BCUT2D eigenvalue weighted by Gasteiger charge is 2.28. The maximum absolute atomic E-state index is 12.9. The molecule has 2 aromatic rings. The van der Waals surface area contributed by atoms with Gasteiger partial charge in [0.15, 0.2) is 0 Å². The van der Waals surface area contributed by atoms with E-state index in [1.54, 1.807) is 30.3 Å². The minimum atomic E-state index is -3.76. The van der Waals surface area contributed by atoms with Crippen LogP contribution in [0.2, 0.25) is 5.02 Å². The lowest BCUT2D eigenvalue weighted by Crippen LogP contribution is -2.40. The Labute approximate surface area is 174 Å². The van der Waals surface area contributed by atoms with Crippen LogP contribution in [0.5, 0.6) is 0 Å². The van der Waals surface area contributed by atoms with E-state index in [-0.39, 0.29) is 35.5 Å². The molecule has 0 spiro atoms. The van der Waals surface area contributed by atoms with Crippen molar-refractivity contribution in [1.82, 2.24) is 4.31 Å². The van der Waals surface area contributed by atoms with Crippen molar-refractivity contribution in [3.63, 3.8) is 0 Å². The lowest BCUT2D eigenvalue weighted by atomic mass is 10.2. The summed E-state index contributed by atoms with van der Waals surface area (Å²) >= 11 is 6.13. The summed E-state index contributed by atoms with van der Waals surface area (Å²) in [7, 11) is -3.76. The highest BCUT2D eigenvalue weighted by atomic mass is 35.5. The number of amides is 1. The van der Waals surface area contributed by atoms with Gasteiger partial charge in [-0.1, -0.05) is 17.7 Å². The normalized spacial score (nSPS) is 14.8. The van der Waals surface area contributed by atoms with Gasteiger partial charge in [-0.15, -0.1) is 0 Å². The van der Waals surface area contributed by atoms with Crippen LogP contribution in [-0.2, 0) is 19.6 Å². The van der Waals surface area contributed by atoms with Gasteiger partial charge in [0, 0.05) is 24.5 Å². The van der Waals surface area contributed by atoms with Crippen molar-refractivity contribution in [2.45, 2.75) is 4.90 Å². The first kappa shape index (κ1) is 21.1. The average molecular weight is 435 g/mol. The predicted molar refractivity (Wildman–Crippen MR) is 109 cm³/mol. The number of nitriles is 1. The van der Waals surface area contributed by atoms with Gasteiger partial charge in [-0.25, -0.2) is 8.42 Å². The van der Waals surface area contributed by atoms with Gasteiger partial charge in [0.25, 0.3) is 0 Å². The summed E-state index contributed by atoms with van der Waals surface area (Å²) in [5.74, 6) is -0.340. The van der Waals surface area contributed by atoms with Gasteiger partial charge < -0.3 is 15.4 Å². The van der Waals surface area contributed by atoms with Crippen LogP contribution in [0.3, 0.4) is 0 Å². The van der Waals surface area contributed by atoms with Crippen molar-refractivity contribution in [2.75, 3.05) is 43.5 Å². The molecule has 0 aliphatic carbocycles. The second-order valence-corrected chi connectivity index (χ2v) is 8.57. The van der Waals surface area contributed by atoms with Crippen LogP contribution in [0.25, 0.3) is 0 Å². The minimum absolute atomic E-state index is 0.0202. The van der Waals surface area contributed by atoms with Crippen LogP contribution in [0.15, 0.2) is 47.4 Å². The number of hydrogen-bond donors (Lipinski definition) is 2. The lowest BCUT2D eigenvalue weighted by molar-refractivity contribution is -0.114. The van der Waals surface area contributed by atoms with Crippen LogP contribution < -0.4 is 10.6 Å². The number of carbonyl (C=O) groups is 1. The molecule has 1 aliphatic rings. The molecule has 0 atom stereocenters. The quantitative estimate of drug-likeness (QED) is 0.721. The third-order valence-corrected chi connectivity index (χ3v) is 6.63. The van der Waals surface area contributed by atoms with Crippen molar-refractivity contribution in [2.24, 2.45) is 0 Å². The van der Waals surface area contributed by atoms with Crippen molar-refractivity contribution in [3.05, 3.63) is 53.1 Å². The second kappa shape index (κ2) is 9.24. The number of carbonyl (C=O) groups excluding carboxylic acids is 1. The van der Waals surface area contributed by atoms with E-state index in [0.717, 1.165) is 0 Å². The van der Waals surface area contributed by atoms with Crippen LogP contribution in [0, 0.1) is 11.3 Å². The van der Waals surface area contributed by atoms with Gasteiger partial charge in [0.05, 0.1) is 36.4 Å². The molecule has 2 N–H and O–H groups in total. The first-order valence-corrected chi connectivity index (χ1v) is 10.6. The largest absolute Gasteiger partial charge is 0.379 e. The summed E-state index contributed by atoms with van der Waals surface area (Å²) in [6, 6.07) is 13.0. The number of halogens is 1. The average Bonchev–Trinajstić information content (AvgIpc) is 2.73. The van der Waals surface area contributed by atoms with E-state index in [4.69, 9.17) is 21.6 Å². The van der Waals surface area contributed by atoms with Crippen molar-refractivity contribution < 1.29 is 17.9 Å². The van der Waals surface area contributed by atoms with Crippen molar-refractivity contribution >= 4 is 38.9 Å². The lowest BCUT2D eigenvalue weighted by Gasteiger charge is -2.26. The first-order valence-electron chi connectivity index (χ1n) is 8.81. The molecular weight excluding hydrogens is 416 g/mol. The molecule has 1 heterocycles. The molecule has 152 valence electrons. The summed E-state index contributed by atoms with van der Waals surface area (Å²) in [6.07, 6.45) is 0. The number of benzene rings is 2. The van der Waals surface area contributed by atoms with Gasteiger partial charge >= 0.3 is 0 Å². The number of ether oxygens (including phenoxy) is 1. The number of nitrogens with one attached hydrogen (secondary N) is 2. The summed E-state index contributed by atoms with van der Waals surface area (Å²) in [5.41, 5.74) is 1.39. The van der Waals surface area contributed by atoms with E-state index in [0.29, 0.717) is 30.2 Å². The fourth-order valence-electron chi connectivity index (χ4n) is 2.79. The topological polar surface area (TPSA) is 112 Å². The Bertz CT molecular complexity index is 1050. The van der Waals surface area contributed by atoms with Gasteiger partial charge in [-0.2, -0.15) is 9.57 Å². The van der Waals surface area contributed by atoms with E-state index in [1.165, 1.54) is 16.4 Å². The highest BCUT2D eigenvalue weighted by Crippen LogP contribution is 2.28. The predicted octanol–water partition coefficient (Wildman–Crippen LogP) is 2.28. The second-order valence-electron chi connectivity index (χ2n) is 6.26. The van der Waals surface area contributed by atoms with Crippen LogP contribution in [-0.4, -0.2) is 51.5 Å². The fourth-order valence-corrected chi connectivity index (χ4v) is 4.70. The zero-order valence-electron chi connectivity index (χ0n) is 15.4. The van der Waals surface area contributed by atoms with Crippen LogP contribution in [0.4, 0.5) is 11.4 Å². The molecule has 0 aromatic heterocycles. The first-order chi connectivity index (χ1) is 13.9. The minimum Gasteiger partial charge on any atom is -0.379 e. The number of hydrogen-bond acceptors (Lipinski definition) is 6. The molecule has 1 fully saturated rings. The van der Waals surface area contributed by atoms with E-state index in [2.05, 4.69) is 10.6 Å². The summed E-state index contributed by atoms with van der Waals surface area (Å²) in [6.45, 7) is 1.11. The third-order valence-electron chi connectivity index (χ3n) is 4.25. The van der Waals surface area contributed by atoms with Crippen molar-refractivity contribution in [1.29, 1.82) is 5.26 Å². The number of morpholine rings is 1. The van der Waals surface area contributed by atoms with E-state index >= 15 is 0 Å². The molecule has 29 heavy (non-hydrogen) atoms. The Hall–Kier alpha value is -2.64. The van der Waals surface area contributed by atoms with E-state index < -0.39 is 10.0 Å². The molecule has 1 amide bonds. The number of anilines is 2. The summed E-state index contributed by atoms with van der Waals surface area (Å²) in [5, 5.41) is 14.6. The molecule has 0 bridgehead atoms. The van der Waals surface area contributed by atoms with Crippen LogP contribution >= 0.6 is 11.6 Å². The number of rotatable bonds is 6. The van der Waals surface area contributed by atoms with E-state index in [9.17, 15) is 13.2 Å². The van der Waals surface area contributed by atoms with Gasteiger partial charge in [0.1, 0.15) is 4.90 Å². The Balaban J connectivity index is 1.68. The number of sulfonamides is 1. The maximum atomic E-state index is 12.9. The Morgan fingerprint density at radius 2 is 1.93 bits per heavy atom. The Morgan fingerprint density at radius 3 is 2.66 bits per heavy atom. The molecule has 2 aromatic carbocycles. The fraction of sp³-hybridized carbons (Fsp3) is 0.263. The molecule has 1 aliphatic heterocycles. The molecule has 10 heteroatoms. The smallest absolute Gasteiger partial charge is 0.244 e. The molecule has 8 nitrogen and oxygen atoms in total. The van der Waals surface area contributed by atoms with Gasteiger partial charge in [-0.3, -0.25) is 4.79 Å². The molecule has 1 saturated heterocycles. The Kier molecular flexibility index (Phi) is 6.71. The zero-order valence-corrected chi connectivity index (χ0v) is 17.0. The molecule has 0 saturated carbocycles. The maximum Gasteiger partial charge on any atom is 0.244 e. The molecule has 3 rings (SSSR count). The molecule has 0 unspecified atom stereocenters. The van der Waals surface area contributed by atoms with Crippen LogP contribution in [0.1, 0.15) is 5.56 Å². The SMILES string of the molecule is N#Cc1cccc(NC(=O)CNc2ccc(Cl)c(S(=O)(=O)N3CCOCC3)c2)c1. The number of nitrogens with zero attached hydrogens (tertiary/aromatic N) is 2. The highest BCUT2D eigenvalue weighted by molar-refractivity contribution is 7.89. The zero-order chi connectivity index (χ0) is 20.9. The summed E-state index contributed by atoms with van der Waals surface area (Å²) in [4.78, 5) is 12.1. The third kappa shape index (κ3) is 5.25. The van der Waals surface area contributed by atoms with Crippen molar-refractivity contribution in [3.8, 4) is 6.07 Å². The Morgan fingerprint density at radius 1 is 1.17 bits per heavy atom. The standard InChI is InChI=1S/C19H19ClN4O4S/c20-17-5-4-15(11-18(17)29(26,27)24-6-8-28-9-7-24)22-13-19(25)23-16-3-1-2-14(10-16)12-21/h1-5,10-11,22H,6-9,13H2,(H,23,25). The van der Waals surface area contributed by atoms with E-state index in [1.807, 2.05) is 6.07 Å². The monoisotopic (exact) mass is 434 g/mol. The van der Waals surface area contributed by atoms with Gasteiger partial charge in [-0.05, 0) is 36.4 Å². The van der Waals surface area contributed by atoms with Gasteiger partial charge in [0.2, 0.25) is 15.9 Å². The summed E-state index contributed by atoms with van der Waals surface area (Å²) < 4.78 is 32.2. The molecular formula is C19H19ClN4O4S.